The predicted molar refractivity (Wildman–Crippen MR) is 85.1 cm³/mol. The molecule has 0 spiro atoms. The Kier molecular flexibility index (Phi) is 3.89. The molecule has 1 unspecified atom stereocenters. The molecule has 1 N–H and O–H groups in total. The van der Waals surface area contributed by atoms with Gasteiger partial charge in [0.1, 0.15) is 0 Å². The summed E-state index contributed by atoms with van der Waals surface area (Å²) in [4.78, 5) is 2.28. The molecule has 1 atom stereocenters. The normalized spacial score (nSPS) is 17.4. The fraction of sp³-hybridized carbons (Fsp3) is 0.278. The maximum absolute atomic E-state index is 9.08. The smallest absolute Gasteiger partial charge is 0.0992 e. The predicted octanol–water partition coefficient (Wildman–Crippen LogP) is 3.23. The molecule has 0 fully saturated rings. The molecular weight excluding hydrogens is 258 g/mol. The number of anilines is 1. The van der Waals surface area contributed by atoms with E-state index in [0.29, 0.717) is 11.6 Å². The number of rotatable bonds is 2. The van der Waals surface area contributed by atoms with Crippen LogP contribution in [0.2, 0.25) is 0 Å². The van der Waals surface area contributed by atoms with Gasteiger partial charge < -0.3 is 10.2 Å². The average Bonchev–Trinajstić information content (AvgIpc) is 2.76. The number of hydrogen-bond acceptors (Lipinski definition) is 3. The van der Waals surface area contributed by atoms with Gasteiger partial charge in [-0.05, 0) is 42.3 Å². The molecule has 0 aromatic heterocycles. The van der Waals surface area contributed by atoms with Crippen LogP contribution in [0.4, 0.5) is 5.69 Å². The zero-order valence-electron chi connectivity index (χ0n) is 12.2. The molecule has 2 aromatic rings. The summed E-state index contributed by atoms with van der Waals surface area (Å²) in [5.74, 6) is 0. The van der Waals surface area contributed by atoms with Crippen molar-refractivity contribution in [1.82, 2.24) is 5.32 Å². The Hall–Kier alpha value is -2.31. The molecule has 3 rings (SSSR count). The van der Waals surface area contributed by atoms with Crippen molar-refractivity contribution < 1.29 is 0 Å². The minimum absolute atomic E-state index is 0.338. The van der Waals surface area contributed by atoms with E-state index in [1.807, 2.05) is 18.2 Å². The first-order chi connectivity index (χ1) is 10.3. The highest BCUT2D eigenvalue weighted by molar-refractivity contribution is 5.53. The summed E-state index contributed by atoms with van der Waals surface area (Å²) in [5, 5.41) is 12.6. The Labute approximate surface area is 125 Å². The number of hydrogen-bond donors (Lipinski definition) is 1. The molecule has 1 heterocycles. The second kappa shape index (κ2) is 5.99. The van der Waals surface area contributed by atoms with Crippen LogP contribution in [0, 0.1) is 11.3 Å². The minimum Gasteiger partial charge on any atom is -0.367 e. The van der Waals surface area contributed by atoms with E-state index in [4.69, 9.17) is 5.26 Å². The molecular formula is C18H19N3. The summed E-state index contributed by atoms with van der Waals surface area (Å²) in [5.41, 5.74) is 4.55. The Bertz CT molecular complexity index is 672. The topological polar surface area (TPSA) is 39.1 Å². The lowest BCUT2D eigenvalue weighted by molar-refractivity contribution is 0.589. The summed E-state index contributed by atoms with van der Waals surface area (Å²) in [7, 11) is 2.11. The maximum atomic E-state index is 9.08. The van der Waals surface area contributed by atoms with Crippen LogP contribution in [0.5, 0.6) is 0 Å². The lowest BCUT2D eigenvalue weighted by Crippen LogP contribution is -2.25. The highest BCUT2D eigenvalue weighted by Gasteiger charge is 2.22. The molecule has 21 heavy (non-hydrogen) atoms. The SMILES string of the molecule is CN(c1cccc(C#N)c1)C1CCNCc2ccccc21. The monoisotopic (exact) mass is 277 g/mol. The number of nitrogens with zero attached hydrogens (tertiary/aromatic N) is 2. The van der Waals surface area contributed by atoms with E-state index in [0.717, 1.165) is 25.2 Å². The second-order valence-electron chi connectivity index (χ2n) is 5.45. The largest absolute Gasteiger partial charge is 0.367 e. The highest BCUT2D eigenvalue weighted by atomic mass is 15.1. The Balaban J connectivity index is 1.97. The van der Waals surface area contributed by atoms with Crippen LogP contribution < -0.4 is 10.2 Å². The van der Waals surface area contributed by atoms with Gasteiger partial charge in [0, 0.05) is 19.3 Å². The minimum atomic E-state index is 0.338. The van der Waals surface area contributed by atoms with Gasteiger partial charge in [-0.2, -0.15) is 5.26 Å². The van der Waals surface area contributed by atoms with E-state index in [-0.39, 0.29) is 0 Å². The lowest BCUT2D eigenvalue weighted by Gasteiger charge is -2.30. The van der Waals surface area contributed by atoms with Crippen molar-refractivity contribution >= 4 is 5.69 Å². The van der Waals surface area contributed by atoms with E-state index in [1.54, 1.807) is 0 Å². The van der Waals surface area contributed by atoms with Crippen LogP contribution in [0.15, 0.2) is 48.5 Å². The van der Waals surface area contributed by atoms with Crippen molar-refractivity contribution in [3.63, 3.8) is 0 Å². The van der Waals surface area contributed by atoms with Gasteiger partial charge >= 0.3 is 0 Å². The van der Waals surface area contributed by atoms with E-state index in [2.05, 4.69) is 53.7 Å². The van der Waals surface area contributed by atoms with Gasteiger partial charge in [-0.1, -0.05) is 30.3 Å². The third-order valence-electron chi connectivity index (χ3n) is 4.17. The van der Waals surface area contributed by atoms with Gasteiger partial charge in [0.2, 0.25) is 0 Å². The summed E-state index contributed by atoms with van der Waals surface area (Å²) in [6.07, 6.45) is 1.06. The van der Waals surface area contributed by atoms with E-state index < -0.39 is 0 Å². The van der Waals surface area contributed by atoms with Crippen LogP contribution >= 0.6 is 0 Å². The molecule has 0 radical (unpaired) electrons. The number of nitriles is 1. The molecule has 106 valence electrons. The fourth-order valence-corrected chi connectivity index (χ4v) is 3.01. The van der Waals surface area contributed by atoms with Gasteiger partial charge in [-0.3, -0.25) is 0 Å². The number of nitrogens with one attached hydrogen (secondary N) is 1. The molecule has 0 aliphatic carbocycles. The van der Waals surface area contributed by atoms with Crippen molar-refractivity contribution in [2.24, 2.45) is 0 Å². The summed E-state index contributed by atoms with van der Waals surface area (Å²) < 4.78 is 0. The molecule has 3 heteroatoms. The molecule has 2 aromatic carbocycles. The molecule has 3 nitrogen and oxygen atoms in total. The van der Waals surface area contributed by atoms with Gasteiger partial charge in [-0.25, -0.2) is 0 Å². The van der Waals surface area contributed by atoms with Crippen LogP contribution in [0.25, 0.3) is 0 Å². The van der Waals surface area contributed by atoms with Crippen LogP contribution in [-0.2, 0) is 6.54 Å². The second-order valence-corrected chi connectivity index (χ2v) is 5.45. The zero-order chi connectivity index (χ0) is 14.7. The van der Waals surface area contributed by atoms with E-state index in [9.17, 15) is 0 Å². The van der Waals surface area contributed by atoms with Gasteiger partial charge in [0.05, 0.1) is 17.7 Å². The Morgan fingerprint density at radius 3 is 2.90 bits per heavy atom. The van der Waals surface area contributed by atoms with Gasteiger partial charge in [0.25, 0.3) is 0 Å². The van der Waals surface area contributed by atoms with E-state index >= 15 is 0 Å². The standard InChI is InChI=1S/C18H19N3/c1-21(16-7-4-5-14(11-16)12-19)18-9-10-20-13-15-6-2-3-8-17(15)18/h2-8,11,18,20H,9-10,13H2,1H3. The van der Waals surface area contributed by atoms with Crippen LogP contribution in [0.3, 0.4) is 0 Å². The van der Waals surface area contributed by atoms with Crippen molar-refractivity contribution in [2.45, 2.75) is 19.0 Å². The summed E-state index contributed by atoms with van der Waals surface area (Å²) >= 11 is 0. The molecule has 1 aliphatic rings. The van der Waals surface area contributed by atoms with E-state index in [1.165, 1.54) is 11.1 Å². The summed E-state index contributed by atoms with van der Waals surface area (Å²) in [6.45, 7) is 1.93. The summed E-state index contributed by atoms with van der Waals surface area (Å²) in [6, 6.07) is 19.0. The van der Waals surface area contributed by atoms with Crippen LogP contribution in [0.1, 0.15) is 29.2 Å². The number of benzene rings is 2. The molecule has 0 amide bonds. The third-order valence-corrected chi connectivity index (χ3v) is 4.17. The third kappa shape index (κ3) is 2.76. The van der Waals surface area contributed by atoms with Crippen molar-refractivity contribution in [2.75, 3.05) is 18.5 Å². The van der Waals surface area contributed by atoms with Gasteiger partial charge in [0.15, 0.2) is 0 Å². The number of fused-ring (bicyclic) bond motifs is 1. The molecule has 0 saturated heterocycles. The highest BCUT2D eigenvalue weighted by Crippen LogP contribution is 2.32. The first kappa shape index (κ1) is 13.7. The zero-order valence-corrected chi connectivity index (χ0v) is 12.2. The molecule has 0 bridgehead atoms. The molecule has 1 aliphatic heterocycles. The van der Waals surface area contributed by atoms with Crippen molar-refractivity contribution in [3.05, 3.63) is 65.2 Å². The van der Waals surface area contributed by atoms with Crippen molar-refractivity contribution in [3.8, 4) is 6.07 Å². The Morgan fingerprint density at radius 1 is 1.19 bits per heavy atom. The lowest BCUT2D eigenvalue weighted by atomic mass is 9.97. The first-order valence-corrected chi connectivity index (χ1v) is 7.31. The average molecular weight is 277 g/mol. The molecule has 0 saturated carbocycles. The quantitative estimate of drug-likeness (QED) is 0.916. The van der Waals surface area contributed by atoms with Crippen molar-refractivity contribution in [1.29, 1.82) is 5.26 Å². The van der Waals surface area contributed by atoms with Gasteiger partial charge in [-0.15, -0.1) is 0 Å². The first-order valence-electron chi connectivity index (χ1n) is 7.31. The maximum Gasteiger partial charge on any atom is 0.0992 e. The Morgan fingerprint density at radius 2 is 2.05 bits per heavy atom. The fourth-order valence-electron chi connectivity index (χ4n) is 3.01. The van der Waals surface area contributed by atoms with Crippen LogP contribution in [-0.4, -0.2) is 13.6 Å².